The lowest BCUT2D eigenvalue weighted by Crippen LogP contribution is -2.33. The van der Waals surface area contributed by atoms with Crippen molar-refractivity contribution in [3.8, 4) is 5.75 Å². The zero-order chi connectivity index (χ0) is 19.7. The van der Waals surface area contributed by atoms with Crippen molar-refractivity contribution >= 4 is 23.5 Å². The third-order valence-corrected chi connectivity index (χ3v) is 5.08. The number of anilines is 1. The van der Waals surface area contributed by atoms with E-state index < -0.39 is 17.9 Å². The van der Waals surface area contributed by atoms with Gasteiger partial charge in [-0.1, -0.05) is 6.07 Å². The maximum atomic E-state index is 12.6. The average molecular weight is 380 g/mol. The number of ether oxygens (including phenoxy) is 1. The van der Waals surface area contributed by atoms with Crippen LogP contribution in [0.2, 0.25) is 0 Å². The summed E-state index contributed by atoms with van der Waals surface area (Å²) in [6, 6.07) is 10.6. The first-order valence-electron chi connectivity index (χ1n) is 9.22. The lowest BCUT2D eigenvalue weighted by molar-refractivity contribution is -0.139. The summed E-state index contributed by atoms with van der Waals surface area (Å²) in [5.41, 5.74) is 2.53. The Bertz CT molecular complexity index is 938. The number of carboxylic acids is 1. The summed E-state index contributed by atoms with van der Waals surface area (Å²) >= 11 is 0. The summed E-state index contributed by atoms with van der Waals surface area (Å²) in [7, 11) is 0. The number of hydrogen-bond donors (Lipinski definition) is 2. The fraction of sp³-hybridized carbons (Fsp3) is 0.286. The number of rotatable bonds is 5. The molecule has 2 aliphatic rings. The molecule has 0 bridgehead atoms. The highest BCUT2D eigenvalue weighted by Crippen LogP contribution is 2.28. The number of hydrogen-bond acceptors (Lipinski definition) is 4. The van der Waals surface area contributed by atoms with Crippen molar-refractivity contribution in [2.75, 3.05) is 18.1 Å². The Balaban J connectivity index is 1.50. The molecule has 28 heavy (non-hydrogen) atoms. The first kappa shape index (κ1) is 18.0. The highest BCUT2D eigenvalue weighted by Gasteiger charge is 2.25. The van der Waals surface area contributed by atoms with Gasteiger partial charge in [0, 0.05) is 30.6 Å². The van der Waals surface area contributed by atoms with Gasteiger partial charge in [0.15, 0.2) is 6.04 Å². The van der Waals surface area contributed by atoms with Gasteiger partial charge < -0.3 is 20.1 Å². The zero-order valence-corrected chi connectivity index (χ0v) is 15.2. The molecule has 1 saturated heterocycles. The number of nitrogens with one attached hydrogen (secondary N) is 1. The van der Waals surface area contributed by atoms with E-state index >= 15 is 0 Å². The lowest BCUT2D eigenvalue weighted by Gasteiger charge is -2.17. The summed E-state index contributed by atoms with van der Waals surface area (Å²) in [5, 5.41) is 12.2. The minimum atomic E-state index is -1.15. The largest absolute Gasteiger partial charge is 0.493 e. The van der Waals surface area contributed by atoms with Gasteiger partial charge in [0.25, 0.3) is 5.91 Å². The van der Waals surface area contributed by atoms with Crippen molar-refractivity contribution in [3.63, 3.8) is 0 Å². The van der Waals surface area contributed by atoms with Crippen LogP contribution < -0.4 is 15.0 Å². The Kier molecular flexibility index (Phi) is 4.73. The fourth-order valence-electron chi connectivity index (χ4n) is 3.60. The monoisotopic (exact) mass is 380 g/mol. The van der Waals surface area contributed by atoms with Crippen LogP contribution in [0.25, 0.3) is 0 Å². The van der Waals surface area contributed by atoms with Crippen LogP contribution in [-0.2, 0) is 16.0 Å². The Morgan fingerprint density at radius 2 is 1.89 bits per heavy atom. The molecule has 7 heteroatoms. The van der Waals surface area contributed by atoms with Crippen molar-refractivity contribution < 1.29 is 24.2 Å². The average Bonchev–Trinajstić information content (AvgIpc) is 3.33. The zero-order valence-electron chi connectivity index (χ0n) is 15.2. The quantitative estimate of drug-likeness (QED) is 0.830. The predicted molar refractivity (Wildman–Crippen MR) is 102 cm³/mol. The normalized spacial score (nSPS) is 16.4. The predicted octanol–water partition coefficient (Wildman–Crippen LogP) is 2.30. The van der Waals surface area contributed by atoms with Crippen LogP contribution >= 0.6 is 0 Å². The SMILES string of the molecule is O=C(NC(C(=O)O)c1ccc2c(c1)CCO2)c1ccc(N2CCCC2=O)cc1. The summed E-state index contributed by atoms with van der Waals surface area (Å²) in [6.07, 6.45) is 2.08. The van der Waals surface area contributed by atoms with Crippen LogP contribution in [0.15, 0.2) is 42.5 Å². The Labute approximate surface area is 161 Å². The number of carbonyl (C=O) groups is 3. The molecule has 2 amide bonds. The first-order valence-corrected chi connectivity index (χ1v) is 9.22. The van der Waals surface area contributed by atoms with Gasteiger partial charge in [0.1, 0.15) is 5.75 Å². The highest BCUT2D eigenvalue weighted by atomic mass is 16.5. The Morgan fingerprint density at radius 3 is 2.57 bits per heavy atom. The van der Waals surface area contributed by atoms with Gasteiger partial charge in [-0.15, -0.1) is 0 Å². The molecule has 4 rings (SSSR count). The number of amides is 2. The second-order valence-electron chi connectivity index (χ2n) is 6.91. The Hall–Kier alpha value is -3.35. The number of carboxylic acid groups (broad SMARTS) is 1. The standard InChI is InChI=1S/C21H20N2O5/c24-18-2-1-10-23(18)16-6-3-13(4-7-16)20(25)22-19(21(26)27)15-5-8-17-14(12-15)9-11-28-17/h3-8,12,19H,1-2,9-11H2,(H,22,25)(H,26,27). The van der Waals surface area contributed by atoms with Gasteiger partial charge in [-0.05, 0) is 53.9 Å². The van der Waals surface area contributed by atoms with E-state index in [1.165, 1.54) is 0 Å². The molecule has 1 unspecified atom stereocenters. The van der Waals surface area contributed by atoms with Gasteiger partial charge in [0.2, 0.25) is 5.91 Å². The molecule has 2 aromatic rings. The van der Waals surface area contributed by atoms with E-state index in [2.05, 4.69) is 5.32 Å². The van der Waals surface area contributed by atoms with Crippen molar-refractivity contribution in [1.82, 2.24) is 5.32 Å². The van der Waals surface area contributed by atoms with Crippen LogP contribution in [0.3, 0.4) is 0 Å². The molecule has 0 aliphatic carbocycles. The van der Waals surface area contributed by atoms with Gasteiger partial charge in [-0.25, -0.2) is 4.79 Å². The first-order chi connectivity index (χ1) is 13.5. The minimum absolute atomic E-state index is 0.0729. The second kappa shape index (κ2) is 7.34. The molecular weight excluding hydrogens is 360 g/mol. The van der Waals surface area contributed by atoms with Crippen LogP contribution in [0, 0.1) is 0 Å². The van der Waals surface area contributed by atoms with Crippen LogP contribution in [0.4, 0.5) is 5.69 Å². The molecule has 7 nitrogen and oxygen atoms in total. The van der Waals surface area contributed by atoms with Gasteiger partial charge in [0.05, 0.1) is 6.61 Å². The maximum absolute atomic E-state index is 12.6. The molecule has 2 aromatic carbocycles. The topological polar surface area (TPSA) is 95.9 Å². The van der Waals surface area contributed by atoms with E-state index in [-0.39, 0.29) is 5.91 Å². The number of fused-ring (bicyclic) bond motifs is 1. The third-order valence-electron chi connectivity index (χ3n) is 5.08. The van der Waals surface area contributed by atoms with E-state index in [9.17, 15) is 19.5 Å². The van der Waals surface area contributed by atoms with Crippen LogP contribution in [-0.4, -0.2) is 36.0 Å². The number of nitrogens with zero attached hydrogens (tertiary/aromatic N) is 1. The highest BCUT2D eigenvalue weighted by molar-refractivity contribution is 5.98. The van der Waals surface area contributed by atoms with Gasteiger partial charge >= 0.3 is 5.97 Å². The van der Waals surface area contributed by atoms with E-state index in [0.29, 0.717) is 30.7 Å². The minimum Gasteiger partial charge on any atom is -0.493 e. The van der Waals surface area contributed by atoms with E-state index in [0.717, 1.165) is 29.8 Å². The summed E-state index contributed by atoms with van der Waals surface area (Å²) in [4.78, 5) is 37.8. The molecule has 2 N–H and O–H groups in total. The molecule has 144 valence electrons. The smallest absolute Gasteiger partial charge is 0.330 e. The number of benzene rings is 2. The van der Waals surface area contributed by atoms with Crippen molar-refractivity contribution in [2.24, 2.45) is 0 Å². The summed E-state index contributed by atoms with van der Waals surface area (Å²) in [5.74, 6) is -0.787. The molecule has 1 fully saturated rings. The van der Waals surface area contributed by atoms with Crippen molar-refractivity contribution in [2.45, 2.75) is 25.3 Å². The van der Waals surface area contributed by atoms with Crippen molar-refractivity contribution in [3.05, 3.63) is 59.2 Å². The van der Waals surface area contributed by atoms with Gasteiger partial charge in [-0.2, -0.15) is 0 Å². The number of aliphatic carboxylic acids is 1. The molecule has 1 atom stereocenters. The molecule has 2 heterocycles. The molecule has 2 aliphatic heterocycles. The molecule has 0 spiro atoms. The third kappa shape index (κ3) is 3.43. The van der Waals surface area contributed by atoms with Gasteiger partial charge in [-0.3, -0.25) is 9.59 Å². The van der Waals surface area contributed by atoms with Crippen LogP contribution in [0.5, 0.6) is 5.75 Å². The Morgan fingerprint density at radius 1 is 1.11 bits per heavy atom. The second-order valence-corrected chi connectivity index (χ2v) is 6.91. The molecule has 0 saturated carbocycles. The van der Waals surface area contributed by atoms with Crippen LogP contribution in [0.1, 0.15) is 40.4 Å². The van der Waals surface area contributed by atoms with E-state index in [1.54, 1.807) is 47.4 Å². The molecule has 0 aromatic heterocycles. The summed E-state index contributed by atoms with van der Waals surface area (Å²) < 4.78 is 5.44. The number of carbonyl (C=O) groups excluding carboxylic acids is 2. The van der Waals surface area contributed by atoms with Crippen molar-refractivity contribution in [1.29, 1.82) is 0 Å². The van der Waals surface area contributed by atoms with E-state index in [1.807, 2.05) is 0 Å². The maximum Gasteiger partial charge on any atom is 0.330 e. The molecule has 0 radical (unpaired) electrons. The fourth-order valence-corrected chi connectivity index (χ4v) is 3.60. The summed E-state index contributed by atoms with van der Waals surface area (Å²) in [6.45, 7) is 1.25. The lowest BCUT2D eigenvalue weighted by atomic mass is 10.0. The molecular formula is C21H20N2O5. The van der Waals surface area contributed by atoms with E-state index in [4.69, 9.17) is 4.74 Å².